The Bertz CT molecular complexity index is 512. The molecule has 6 nitrogen and oxygen atoms in total. The fourth-order valence-electron chi connectivity index (χ4n) is 2.60. The van der Waals surface area contributed by atoms with Gasteiger partial charge >= 0.3 is 0 Å². The fourth-order valence-corrected chi connectivity index (χ4v) is 2.82. The van der Waals surface area contributed by atoms with Crippen molar-refractivity contribution < 1.29 is 5.11 Å². The van der Waals surface area contributed by atoms with Gasteiger partial charge in [-0.15, -0.1) is 0 Å². The van der Waals surface area contributed by atoms with Crippen LogP contribution in [0.15, 0.2) is 11.0 Å². The lowest BCUT2D eigenvalue weighted by Crippen LogP contribution is -2.35. The average Bonchev–Trinajstić information content (AvgIpc) is 2.52. The van der Waals surface area contributed by atoms with Crippen LogP contribution in [-0.2, 0) is 6.54 Å². The molecule has 0 aromatic carbocycles. The highest BCUT2D eigenvalue weighted by molar-refractivity contribution is 6.32. The minimum Gasteiger partial charge on any atom is -0.394 e. The predicted octanol–water partition coefficient (Wildman–Crippen LogP) is 1.03. The predicted molar refractivity (Wildman–Crippen MR) is 83.9 cm³/mol. The average molecular weight is 315 g/mol. The number of rotatable bonds is 6. The third-order valence-corrected chi connectivity index (χ3v) is 4.40. The van der Waals surface area contributed by atoms with E-state index in [0.717, 1.165) is 39.0 Å². The van der Waals surface area contributed by atoms with Crippen molar-refractivity contribution in [1.82, 2.24) is 14.7 Å². The number of hydrogen-bond acceptors (Lipinski definition) is 5. The van der Waals surface area contributed by atoms with E-state index in [1.807, 2.05) is 0 Å². The van der Waals surface area contributed by atoms with Crippen LogP contribution in [0.5, 0.6) is 0 Å². The molecule has 1 aromatic rings. The van der Waals surface area contributed by atoms with E-state index < -0.39 is 0 Å². The number of nitrogens with zero attached hydrogens (tertiary/aromatic N) is 3. The van der Waals surface area contributed by atoms with Crippen LogP contribution in [0.1, 0.15) is 19.8 Å². The van der Waals surface area contributed by atoms with Crippen molar-refractivity contribution in [3.8, 4) is 0 Å². The molecular formula is C14H23ClN4O2. The zero-order valence-electron chi connectivity index (χ0n) is 12.4. The van der Waals surface area contributed by atoms with Crippen molar-refractivity contribution in [1.29, 1.82) is 0 Å². The van der Waals surface area contributed by atoms with Crippen molar-refractivity contribution in [3.63, 3.8) is 0 Å². The topological polar surface area (TPSA) is 70.4 Å². The summed E-state index contributed by atoms with van der Waals surface area (Å²) in [6.07, 6.45) is 3.88. The van der Waals surface area contributed by atoms with E-state index in [1.54, 1.807) is 6.20 Å². The number of hydrogen-bond donors (Lipinski definition) is 2. The van der Waals surface area contributed by atoms with Crippen molar-refractivity contribution in [2.24, 2.45) is 5.92 Å². The van der Waals surface area contributed by atoms with Gasteiger partial charge in [0.15, 0.2) is 0 Å². The first-order valence-electron chi connectivity index (χ1n) is 7.48. The summed E-state index contributed by atoms with van der Waals surface area (Å²) in [5.41, 5.74) is 0.213. The van der Waals surface area contributed by atoms with E-state index in [1.165, 1.54) is 4.68 Å². The van der Waals surface area contributed by atoms with Gasteiger partial charge in [-0.1, -0.05) is 18.5 Å². The quantitative estimate of drug-likeness (QED) is 0.821. The first-order chi connectivity index (χ1) is 10.2. The third-order valence-electron chi connectivity index (χ3n) is 4.03. The summed E-state index contributed by atoms with van der Waals surface area (Å²) in [7, 11) is 0. The minimum absolute atomic E-state index is 0.133. The lowest BCUT2D eigenvalue weighted by atomic mass is 9.97. The van der Waals surface area contributed by atoms with E-state index >= 15 is 0 Å². The molecule has 1 saturated heterocycles. The molecule has 2 rings (SSSR count). The monoisotopic (exact) mass is 314 g/mol. The molecule has 0 bridgehead atoms. The summed E-state index contributed by atoms with van der Waals surface area (Å²) in [4.78, 5) is 14.4. The van der Waals surface area contributed by atoms with Crippen LogP contribution in [0.3, 0.4) is 0 Å². The van der Waals surface area contributed by atoms with Crippen LogP contribution in [0.25, 0.3) is 0 Å². The van der Waals surface area contributed by atoms with Gasteiger partial charge in [0.25, 0.3) is 5.56 Å². The molecule has 0 saturated carbocycles. The highest BCUT2D eigenvalue weighted by Gasteiger charge is 2.18. The van der Waals surface area contributed by atoms with Gasteiger partial charge in [-0.05, 0) is 38.4 Å². The second kappa shape index (κ2) is 7.77. The Morgan fingerprint density at radius 2 is 2.19 bits per heavy atom. The van der Waals surface area contributed by atoms with Gasteiger partial charge in [-0.25, -0.2) is 4.68 Å². The highest BCUT2D eigenvalue weighted by Crippen LogP contribution is 2.20. The van der Waals surface area contributed by atoms with Crippen LogP contribution < -0.4 is 10.9 Å². The first-order valence-corrected chi connectivity index (χ1v) is 7.86. The smallest absolute Gasteiger partial charge is 0.287 e. The normalized spacial score (nSPS) is 17.1. The Balaban J connectivity index is 1.92. The molecular weight excluding hydrogens is 292 g/mol. The molecule has 2 N–H and O–H groups in total. The van der Waals surface area contributed by atoms with Crippen LogP contribution in [0.4, 0.5) is 5.69 Å². The Morgan fingerprint density at radius 1 is 1.48 bits per heavy atom. The van der Waals surface area contributed by atoms with Gasteiger partial charge in [0.2, 0.25) is 0 Å². The number of anilines is 1. The van der Waals surface area contributed by atoms with Crippen LogP contribution >= 0.6 is 11.6 Å². The van der Waals surface area contributed by atoms with Crippen molar-refractivity contribution in [3.05, 3.63) is 21.6 Å². The first kappa shape index (κ1) is 16.3. The number of piperidine rings is 1. The maximum atomic E-state index is 11.9. The molecule has 0 unspecified atom stereocenters. The van der Waals surface area contributed by atoms with Crippen molar-refractivity contribution >= 4 is 17.3 Å². The van der Waals surface area contributed by atoms with Crippen LogP contribution in [-0.4, -0.2) is 52.6 Å². The van der Waals surface area contributed by atoms with E-state index in [4.69, 9.17) is 16.7 Å². The molecule has 1 aliphatic rings. The Morgan fingerprint density at radius 3 is 2.81 bits per heavy atom. The highest BCUT2D eigenvalue weighted by atomic mass is 35.5. The number of likely N-dealkylation sites (tertiary alicyclic amines) is 1. The maximum absolute atomic E-state index is 11.9. The van der Waals surface area contributed by atoms with Gasteiger partial charge in [0.05, 0.1) is 25.0 Å². The molecule has 1 aliphatic heterocycles. The summed E-state index contributed by atoms with van der Waals surface area (Å²) in [6.45, 7) is 6.40. The summed E-state index contributed by atoms with van der Waals surface area (Å²) in [5.74, 6) is 0.601. The van der Waals surface area contributed by atoms with Crippen LogP contribution in [0, 0.1) is 5.92 Å². The molecule has 1 fully saturated rings. The molecule has 1 aromatic heterocycles. The van der Waals surface area contributed by atoms with Gasteiger partial charge < -0.3 is 15.3 Å². The standard InChI is InChI=1S/C14H23ClN4O2/c1-2-18-5-3-11(4-6-18)9-16-12-10-17-19(7-8-20)14(21)13(12)15/h10-11,16,20H,2-9H2,1H3. The van der Waals surface area contributed by atoms with Crippen LogP contribution in [0.2, 0.25) is 5.02 Å². The van der Waals surface area contributed by atoms with E-state index in [9.17, 15) is 4.79 Å². The summed E-state index contributed by atoms with van der Waals surface area (Å²) in [6, 6.07) is 0. The molecule has 21 heavy (non-hydrogen) atoms. The molecule has 0 atom stereocenters. The zero-order chi connectivity index (χ0) is 15.2. The summed E-state index contributed by atoms with van der Waals surface area (Å²) < 4.78 is 1.17. The lowest BCUT2D eigenvalue weighted by molar-refractivity contribution is 0.198. The Hall–Kier alpha value is -1.11. The molecule has 0 amide bonds. The van der Waals surface area contributed by atoms with E-state index in [2.05, 4.69) is 22.2 Å². The van der Waals surface area contributed by atoms with Gasteiger partial charge in [-0.2, -0.15) is 5.10 Å². The molecule has 2 heterocycles. The number of halogens is 1. The van der Waals surface area contributed by atoms with E-state index in [-0.39, 0.29) is 23.7 Å². The second-order valence-electron chi connectivity index (χ2n) is 5.38. The summed E-state index contributed by atoms with van der Waals surface area (Å²) >= 11 is 6.07. The Labute approximate surface area is 129 Å². The third kappa shape index (κ3) is 4.18. The molecule has 7 heteroatoms. The maximum Gasteiger partial charge on any atom is 0.287 e. The van der Waals surface area contributed by atoms with Gasteiger partial charge in [0, 0.05) is 6.54 Å². The molecule has 118 valence electrons. The lowest BCUT2D eigenvalue weighted by Gasteiger charge is -2.31. The largest absolute Gasteiger partial charge is 0.394 e. The van der Waals surface area contributed by atoms with Crippen molar-refractivity contribution in [2.45, 2.75) is 26.3 Å². The van der Waals surface area contributed by atoms with Gasteiger partial charge in [0.1, 0.15) is 5.02 Å². The van der Waals surface area contributed by atoms with Crippen molar-refractivity contribution in [2.75, 3.05) is 38.1 Å². The number of aromatic nitrogens is 2. The fraction of sp³-hybridized carbons (Fsp3) is 0.714. The zero-order valence-corrected chi connectivity index (χ0v) is 13.1. The molecule has 0 aliphatic carbocycles. The second-order valence-corrected chi connectivity index (χ2v) is 5.76. The van der Waals surface area contributed by atoms with Gasteiger partial charge in [-0.3, -0.25) is 4.79 Å². The number of aliphatic hydroxyl groups is 1. The molecule has 0 radical (unpaired) electrons. The van der Waals surface area contributed by atoms with E-state index in [0.29, 0.717) is 11.6 Å². The number of aliphatic hydroxyl groups excluding tert-OH is 1. The molecule has 0 spiro atoms. The minimum atomic E-state index is -0.364. The SMILES string of the molecule is CCN1CCC(CNc2cnn(CCO)c(=O)c2Cl)CC1. The number of nitrogens with one attached hydrogen (secondary N) is 1. The Kier molecular flexibility index (Phi) is 6.02. The summed E-state index contributed by atoms with van der Waals surface area (Å²) in [5, 5.41) is 16.2.